The van der Waals surface area contributed by atoms with E-state index in [0.29, 0.717) is 0 Å². The second-order valence-corrected chi connectivity index (χ2v) is 6.10. The van der Waals surface area contributed by atoms with E-state index in [2.05, 4.69) is 31.1 Å². The molecule has 1 N–H and O–H groups in total. The van der Waals surface area contributed by atoms with Gasteiger partial charge < -0.3 is 5.32 Å². The molecular formula is C11H18N2S. The number of nitrogens with zero attached hydrogens (tertiary/aromatic N) is 1. The topological polar surface area (TPSA) is 24.9 Å². The molecule has 1 heterocycles. The number of rotatable bonds is 2. The first-order valence-electron chi connectivity index (χ1n) is 5.27. The van der Waals surface area contributed by atoms with Gasteiger partial charge in [-0.3, -0.25) is 0 Å². The van der Waals surface area contributed by atoms with Crippen molar-refractivity contribution in [3.63, 3.8) is 0 Å². The number of aryl methyl sites for hydroxylation is 2. The molecule has 0 radical (unpaired) electrons. The molecule has 14 heavy (non-hydrogen) atoms. The van der Waals surface area contributed by atoms with E-state index in [9.17, 15) is 0 Å². The molecule has 0 unspecified atom stereocenters. The third-order valence-electron chi connectivity index (χ3n) is 2.41. The predicted molar refractivity (Wildman–Crippen MR) is 60.7 cm³/mol. The maximum atomic E-state index is 4.65. The average Bonchev–Trinajstić information content (AvgIpc) is 2.56. The summed E-state index contributed by atoms with van der Waals surface area (Å²) < 4.78 is 0. The summed E-state index contributed by atoms with van der Waals surface area (Å²) in [5.41, 5.74) is 1.55. The summed E-state index contributed by atoms with van der Waals surface area (Å²) in [6.07, 6.45) is 3.75. The van der Waals surface area contributed by atoms with Crippen molar-refractivity contribution >= 4 is 11.3 Å². The van der Waals surface area contributed by atoms with Gasteiger partial charge in [0.25, 0.3) is 0 Å². The molecule has 0 aromatic carbocycles. The van der Waals surface area contributed by atoms with Gasteiger partial charge in [0, 0.05) is 17.0 Å². The molecular weight excluding hydrogens is 192 g/mol. The standard InChI is InChI=1S/C11H18N2S/c1-11(2,3)12-7-10-13-8-5-4-6-9(8)14-10/h12H,4-7H2,1-3H3. The normalized spacial score (nSPS) is 15.9. The molecule has 1 aliphatic carbocycles. The Morgan fingerprint density at radius 1 is 1.36 bits per heavy atom. The Kier molecular flexibility index (Phi) is 2.62. The second kappa shape index (κ2) is 3.63. The highest BCUT2D eigenvalue weighted by Crippen LogP contribution is 2.27. The Bertz CT molecular complexity index is 301. The third kappa shape index (κ3) is 2.34. The van der Waals surface area contributed by atoms with Crippen LogP contribution in [0.2, 0.25) is 0 Å². The van der Waals surface area contributed by atoms with Crippen LogP contribution in [0.15, 0.2) is 0 Å². The van der Waals surface area contributed by atoms with Crippen LogP contribution < -0.4 is 5.32 Å². The van der Waals surface area contributed by atoms with Gasteiger partial charge >= 0.3 is 0 Å². The van der Waals surface area contributed by atoms with E-state index in [1.54, 1.807) is 0 Å². The highest BCUT2D eigenvalue weighted by molar-refractivity contribution is 7.11. The smallest absolute Gasteiger partial charge is 0.107 e. The van der Waals surface area contributed by atoms with E-state index >= 15 is 0 Å². The fourth-order valence-electron chi connectivity index (χ4n) is 1.66. The Hall–Kier alpha value is -0.410. The minimum atomic E-state index is 0.191. The number of hydrogen-bond acceptors (Lipinski definition) is 3. The summed E-state index contributed by atoms with van der Waals surface area (Å²) in [7, 11) is 0. The van der Waals surface area contributed by atoms with Gasteiger partial charge in [0.05, 0.1) is 5.69 Å². The summed E-state index contributed by atoms with van der Waals surface area (Å²) in [6.45, 7) is 7.48. The largest absolute Gasteiger partial charge is 0.306 e. The van der Waals surface area contributed by atoms with Crippen LogP contribution in [0.25, 0.3) is 0 Å². The van der Waals surface area contributed by atoms with E-state index in [0.717, 1.165) is 6.54 Å². The SMILES string of the molecule is CC(C)(C)NCc1nc2c(s1)CCC2. The van der Waals surface area contributed by atoms with E-state index in [4.69, 9.17) is 0 Å². The van der Waals surface area contributed by atoms with Crippen molar-refractivity contribution in [3.05, 3.63) is 15.6 Å². The molecule has 1 aromatic rings. The summed E-state index contributed by atoms with van der Waals surface area (Å²) in [4.78, 5) is 6.17. The molecule has 0 aliphatic heterocycles. The van der Waals surface area contributed by atoms with Crippen LogP contribution in [0.3, 0.4) is 0 Å². The molecule has 0 atom stereocenters. The van der Waals surface area contributed by atoms with Gasteiger partial charge in [-0.15, -0.1) is 11.3 Å². The lowest BCUT2D eigenvalue weighted by molar-refractivity contribution is 0.423. The molecule has 2 rings (SSSR count). The maximum Gasteiger partial charge on any atom is 0.107 e. The number of nitrogens with one attached hydrogen (secondary N) is 1. The van der Waals surface area contributed by atoms with Crippen LogP contribution in [0.5, 0.6) is 0 Å². The average molecular weight is 210 g/mol. The first-order chi connectivity index (χ1) is 6.54. The van der Waals surface area contributed by atoms with Crippen LogP contribution in [0.4, 0.5) is 0 Å². The Morgan fingerprint density at radius 3 is 2.79 bits per heavy atom. The van der Waals surface area contributed by atoms with E-state index < -0.39 is 0 Å². The first kappa shape index (κ1) is 10.1. The zero-order valence-corrected chi connectivity index (χ0v) is 10.0. The molecule has 2 nitrogen and oxygen atoms in total. The minimum Gasteiger partial charge on any atom is -0.306 e. The molecule has 1 aromatic heterocycles. The van der Waals surface area contributed by atoms with Crippen molar-refractivity contribution in [1.82, 2.24) is 10.3 Å². The quantitative estimate of drug-likeness (QED) is 0.811. The van der Waals surface area contributed by atoms with Gasteiger partial charge in [0.2, 0.25) is 0 Å². The fraction of sp³-hybridized carbons (Fsp3) is 0.727. The van der Waals surface area contributed by atoms with Crippen LogP contribution in [0.1, 0.15) is 42.8 Å². The van der Waals surface area contributed by atoms with Gasteiger partial charge in [-0.25, -0.2) is 4.98 Å². The molecule has 0 bridgehead atoms. The summed E-state index contributed by atoms with van der Waals surface area (Å²) in [5, 5.41) is 4.73. The molecule has 3 heteroatoms. The number of thiazole rings is 1. The van der Waals surface area contributed by atoms with Crippen molar-refractivity contribution in [1.29, 1.82) is 0 Å². The lowest BCUT2D eigenvalue weighted by Gasteiger charge is -2.19. The first-order valence-corrected chi connectivity index (χ1v) is 6.09. The van der Waals surface area contributed by atoms with Crippen LogP contribution in [0, 0.1) is 0 Å². The number of hydrogen-bond donors (Lipinski definition) is 1. The summed E-state index contributed by atoms with van der Waals surface area (Å²) in [6, 6.07) is 0. The molecule has 0 saturated carbocycles. The van der Waals surface area contributed by atoms with Gasteiger partial charge in [0.15, 0.2) is 0 Å². The zero-order valence-electron chi connectivity index (χ0n) is 9.18. The molecule has 0 fully saturated rings. The molecule has 0 spiro atoms. The number of aromatic nitrogens is 1. The molecule has 0 saturated heterocycles. The maximum absolute atomic E-state index is 4.65. The van der Waals surface area contributed by atoms with Gasteiger partial charge in [-0.1, -0.05) is 0 Å². The van der Waals surface area contributed by atoms with Crippen molar-refractivity contribution in [2.75, 3.05) is 0 Å². The lowest BCUT2D eigenvalue weighted by Crippen LogP contribution is -2.35. The Morgan fingerprint density at radius 2 is 2.14 bits per heavy atom. The van der Waals surface area contributed by atoms with E-state index in [1.807, 2.05) is 11.3 Å². The third-order valence-corrected chi connectivity index (χ3v) is 3.57. The van der Waals surface area contributed by atoms with E-state index in [-0.39, 0.29) is 5.54 Å². The zero-order chi connectivity index (χ0) is 10.2. The fourth-order valence-corrected chi connectivity index (χ4v) is 2.76. The second-order valence-electron chi connectivity index (χ2n) is 4.93. The van der Waals surface area contributed by atoms with Crippen LogP contribution in [-0.2, 0) is 19.4 Å². The lowest BCUT2D eigenvalue weighted by atomic mass is 10.1. The Balaban J connectivity index is 1.98. The number of fused-ring (bicyclic) bond motifs is 1. The minimum absolute atomic E-state index is 0.191. The monoisotopic (exact) mass is 210 g/mol. The molecule has 0 amide bonds. The summed E-state index contributed by atoms with van der Waals surface area (Å²) >= 11 is 1.89. The Labute approximate surface area is 89.8 Å². The van der Waals surface area contributed by atoms with Crippen molar-refractivity contribution in [2.45, 2.75) is 52.1 Å². The van der Waals surface area contributed by atoms with Crippen molar-refractivity contribution < 1.29 is 0 Å². The highest BCUT2D eigenvalue weighted by Gasteiger charge is 2.17. The van der Waals surface area contributed by atoms with Crippen molar-refractivity contribution in [2.24, 2.45) is 0 Å². The van der Waals surface area contributed by atoms with Gasteiger partial charge in [0.1, 0.15) is 5.01 Å². The highest BCUT2D eigenvalue weighted by atomic mass is 32.1. The van der Waals surface area contributed by atoms with Crippen molar-refractivity contribution in [3.8, 4) is 0 Å². The van der Waals surface area contributed by atoms with Crippen LogP contribution >= 0.6 is 11.3 Å². The van der Waals surface area contributed by atoms with Gasteiger partial charge in [-0.2, -0.15) is 0 Å². The van der Waals surface area contributed by atoms with E-state index in [1.165, 1.54) is 34.8 Å². The molecule has 78 valence electrons. The summed E-state index contributed by atoms with van der Waals surface area (Å²) in [5.74, 6) is 0. The van der Waals surface area contributed by atoms with Crippen LogP contribution in [-0.4, -0.2) is 10.5 Å². The molecule has 1 aliphatic rings. The predicted octanol–water partition coefficient (Wildman–Crippen LogP) is 2.52. The van der Waals surface area contributed by atoms with Gasteiger partial charge in [-0.05, 0) is 40.0 Å².